The van der Waals surface area contributed by atoms with E-state index in [0.29, 0.717) is 18.5 Å². The molecular formula is C16H21F2N3. The van der Waals surface area contributed by atoms with Crippen LogP contribution in [0, 0.1) is 11.6 Å². The van der Waals surface area contributed by atoms with E-state index >= 15 is 0 Å². The number of likely N-dealkylation sites (N-methyl/N-ethyl adjacent to an activating group) is 1. The van der Waals surface area contributed by atoms with Gasteiger partial charge >= 0.3 is 0 Å². The normalized spacial score (nSPS) is 12.6. The Morgan fingerprint density at radius 1 is 1.29 bits per heavy atom. The number of hydrogen-bond donors (Lipinski definition) is 1. The summed E-state index contributed by atoms with van der Waals surface area (Å²) in [5, 5.41) is 3.21. The lowest BCUT2D eigenvalue weighted by Crippen LogP contribution is -2.25. The van der Waals surface area contributed by atoms with Crippen molar-refractivity contribution in [2.24, 2.45) is 0 Å². The minimum absolute atomic E-state index is 0.288. The molecule has 0 saturated heterocycles. The summed E-state index contributed by atoms with van der Waals surface area (Å²) in [6.45, 7) is 5.59. The van der Waals surface area contributed by atoms with Crippen molar-refractivity contribution in [1.29, 1.82) is 0 Å². The predicted octanol–water partition coefficient (Wildman–Crippen LogP) is 3.46. The van der Waals surface area contributed by atoms with Crippen molar-refractivity contribution >= 4 is 0 Å². The van der Waals surface area contributed by atoms with Gasteiger partial charge in [-0.1, -0.05) is 26.0 Å². The molecule has 0 aliphatic heterocycles. The number of rotatable bonds is 7. The average molecular weight is 293 g/mol. The molecule has 21 heavy (non-hydrogen) atoms. The first kappa shape index (κ1) is 15.6. The van der Waals surface area contributed by atoms with Crippen LogP contribution in [-0.4, -0.2) is 16.1 Å². The zero-order chi connectivity index (χ0) is 15.2. The number of imidazole rings is 1. The lowest BCUT2D eigenvalue weighted by atomic mass is 10.0. The van der Waals surface area contributed by atoms with Crippen LogP contribution >= 0.6 is 0 Å². The van der Waals surface area contributed by atoms with Gasteiger partial charge in [0.05, 0.1) is 0 Å². The predicted molar refractivity (Wildman–Crippen MR) is 79.0 cm³/mol. The van der Waals surface area contributed by atoms with Crippen LogP contribution in [0.2, 0.25) is 0 Å². The molecular weight excluding hydrogens is 272 g/mol. The van der Waals surface area contributed by atoms with Crippen molar-refractivity contribution in [2.45, 2.75) is 39.3 Å². The summed E-state index contributed by atoms with van der Waals surface area (Å²) in [6.07, 6.45) is 5.20. The van der Waals surface area contributed by atoms with Gasteiger partial charge < -0.3 is 9.88 Å². The SMILES string of the molecule is CCCn1ccnc1CC(NCC)c1cccc(F)c1F. The Morgan fingerprint density at radius 3 is 2.81 bits per heavy atom. The van der Waals surface area contributed by atoms with E-state index in [1.165, 1.54) is 6.07 Å². The largest absolute Gasteiger partial charge is 0.335 e. The second-order valence-electron chi connectivity index (χ2n) is 4.99. The van der Waals surface area contributed by atoms with Crippen molar-refractivity contribution in [3.8, 4) is 0 Å². The summed E-state index contributed by atoms with van der Waals surface area (Å²) >= 11 is 0. The number of benzene rings is 1. The van der Waals surface area contributed by atoms with E-state index in [1.54, 1.807) is 12.3 Å². The van der Waals surface area contributed by atoms with Gasteiger partial charge in [0.15, 0.2) is 11.6 Å². The van der Waals surface area contributed by atoms with E-state index in [2.05, 4.69) is 21.8 Å². The molecule has 0 aliphatic carbocycles. The first-order chi connectivity index (χ1) is 10.2. The van der Waals surface area contributed by atoms with Crippen LogP contribution in [0.1, 0.15) is 37.7 Å². The van der Waals surface area contributed by atoms with Crippen molar-refractivity contribution < 1.29 is 8.78 Å². The highest BCUT2D eigenvalue weighted by molar-refractivity contribution is 5.23. The zero-order valence-corrected chi connectivity index (χ0v) is 12.4. The van der Waals surface area contributed by atoms with Gasteiger partial charge in [-0.25, -0.2) is 13.8 Å². The second-order valence-corrected chi connectivity index (χ2v) is 4.99. The molecule has 0 amide bonds. The van der Waals surface area contributed by atoms with E-state index in [1.807, 2.05) is 13.1 Å². The van der Waals surface area contributed by atoms with Gasteiger partial charge in [-0.3, -0.25) is 0 Å². The lowest BCUT2D eigenvalue weighted by molar-refractivity contribution is 0.456. The van der Waals surface area contributed by atoms with Crippen LogP contribution in [0.15, 0.2) is 30.6 Å². The van der Waals surface area contributed by atoms with Crippen LogP contribution in [0.25, 0.3) is 0 Å². The molecule has 3 nitrogen and oxygen atoms in total. The molecule has 2 aromatic rings. The third kappa shape index (κ3) is 3.67. The molecule has 1 unspecified atom stereocenters. The van der Waals surface area contributed by atoms with E-state index in [9.17, 15) is 8.78 Å². The van der Waals surface area contributed by atoms with E-state index in [0.717, 1.165) is 24.9 Å². The standard InChI is InChI=1S/C16H21F2N3/c1-3-9-21-10-8-20-15(21)11-14(19-4-2)12-6-5-7-13(17)16(12)18/h5-8,10,14,19H,3-4,9,11H2,1-2H3. The molecule has 0 fully saturated rings. The Bertz CT molecular complexity index is 581. The van der Waals surface area contributed by atoms with E-state index < -0.39 is 11.6 Å². The van der Waals surface area contributed by atoms with Crippen LogP contribution in [0.5, 0.6) is 0 Å². The highest BCUT2D eigenvalue weighted by Crippen LogP contribution is 2.22. The smallest absolute Gasteiger partial charge is 0.163 e. The van der Waals surface area contributed by atoms with Crippen molar-refractivity contribution in [2.75, 3.05) is 6.54 Å². The molecule has 0 saturated carbocycles. The summed E-state index contributed by atoms with van der Waals surface area (Å²) in [7, 11) is 0. The molecule has 0 aliphatic rings. The molecule has 0 bridgehead atoms. The van der Waals surface area contributed by atoms with Crippen molar-refractivity contribution in [3.05, 3.63) is 53.6 Å². The molecule has 1 aromatic carbocycles. The Morgan fingerprint density at radius 2 is 2.10 bits per heavy atom. The minimum atomic E-state index is -0.813. The summed E-state index contributed by atoms with van der Waals surface area (Å²) in [5.41, 5.74) is 0.350. The number of aromatic nitrogens is 2. The maximum atomic E-state index is 14.0. The molecule has 1 atom stereocenters. The van der Waals surface area contributed by atoms with E-state index in [-0.39, 0.29) is 6.04 Å². The molecule has 0 radical (unpaired) electrons. The molecule has 5 heteroatoms. The number of aryl methyl sites for hydroxylation is 1. The molecule has 1 N–H and O–H groups in total. The Kier molecular flexibility index (Phi) is 5.44. The zero-order valence-electron chi connectivity index (χ0n) is 12.4. The van der Waals surface area contributed by atoms with E-state index in [4.69, 9.17) is 0 Å². The highest BCUT2D eigenvalue weighted by Gasteiger charge is 2.19. The first-order valence-electron chi connectivity index (χ1n) is 7.34. The molecule has 2 rings (SSSR count). The third-order valence-electron chi connectivity index (χ3n) is 3.46. The summed E-state index contributed by atoms with van der Waals surface area (Å²) < 4.78 is 29.5. The van der Waals surface area contributed by atoms with Crippen LogP contribution in [0.3, 0.4) is 0 Å². The van der Waals surface area contributed by atoms with Gasteiger partial charge in [0.2, 0.25) is 0 Å². The van der Waals surface area contributed by atoms with Crippen LogP contribution in [0.4, 0.5) is 8.78 Å². The third-order valence-corrected chi connectivity index (χ3v) is 3.46. The fourth-order valence-corrected chi connectivity index (χ4v) is 2.49. The van der Waals surface area contributed by atoms with Gasteiger partial charge in [0.25, 0.3) is 0 Å². The van der Waals surface area contributed by atoms with Crippen LogP contribution in [-0.2, 0) is 13.0 Å². The molecule has 0 spiro atoms. The lowest BCUT2D eigenvalue weighted by Gasteiger charge is -2.19. The van der Waals surface area contributed by atoms with Crippen molar-refractivity contribution in [3.63, 3.8) is 0 Å². The average Bonchev–Trinajstić information content (AvgIpc) is 2.89. The van der Waals surface area contributed by atoms with Gasteiger partial charge in [-0.2, -0.15) is 0 Å². The second kappa shape index (κ2) is 7.31. The summed E-state index contributed by atoms with van der Waals surface area (Å²) in [5.74, 6) is -0.712. The Balaban J connectivity index is 2.26. The van der Waals surface area contributed by atoms with Gasteiger partial charge in [-0.15, -0.1) is 0 Å². The molecule has 114 valence electrons. The Hall–Kier alpha value is -1.75. The number of nitrogens with one attached hydrogen (secondary N) is 1. The summed E-state index contributed by atoms with van der Waals surface area (Å²) in [6, 6.07) is 4.01. The maximum Gasteiger partial charge on any atom is 0.163 e. The fourth-order valence-electron chi connectivity index (χ4n) is 2.49. The number of nitrogens with zero attached hydrogens (tertiary/aromatic N) is 2. The maximum absolute atomic E-state index is 14.0. The molecule has 1 aromatic heterocycles. The topological polar surface area (TPSA) is 29.9 Å². The summed E-state index contributed by atoms with van der Waals surface area (Å²) in [4.78, 5) is 4.34. The highest BCUT2D eigenvalue weighted by atomic mass is 19.2. The van der Waals surface area contributed by atoms with Crippen LogP contribution < -0.4 is 5.32 Å². The van der Waals surface area contributed by atoms with Gasteiger partial charge in [0, 0.05) is 37.0 Å². The number of hydrogen-bond acceptors (Lipinski definition) is 2. The first-order valence-corrected chi connectivity index (χ1v) is 7.34. The van der Waals surface area contributed by atoms with Crippen molar-refractivity contribution in [1.82, 2.24) is 14.9 Å². The Labute approximate surface area is 124 Å². The van der Waals surface area contributed by atoms with Gasteiger partial charge in [-0.05, 0) is 19.0 Å². The fraction of sp³-hybridized carbons (Fsp3) is 0.438. The molecule has 1 heterocycles. The monoisotopic (exact) mass is 293 g/mol. The number of halogens is 2. The van der Waals surface area contributed by atoms with Gasteiger partial charge in [0.1, 0.15) is 5.82 Å². The minimum Gasteiger partial charge on any atom is -0.335 e. The quantitative estimate of drug-likeness (QED) is 0.847.